The average Bonchev–Trinajstić information content (AvgIpc) is 2.74. The lowest BCUT2D eigenvalue weighted by molar-refractivity contribution is -0.394. The summed E-state index contributed by atoms with van der Waals surface area (Å²) in [6.45, 7) is 0.770. The molecule has 1 aliphatic rings. The Hall–Kier alpha value is -3.69. The third kappa shape index (κ3) is 4.78. The fraction of sp³-hybridized carbons (Fsp3) is 0.316. The molecule has 0 unspecified atom stereocenters. The van der Waals surface area contributed by atoms with E-state index >= 15 is 0 Å². The predicted molar refractivity (Wildman–Crippen MR) is 102 cm³/mol. The second-order valence-electron chi connectivity index (χ2n) is 6.54. The van der Waals surface area contributed by atoms with Crippen LogP contribution in [0.15, 0.2) is 42.5 Å². The van der Waals surface area contributed by atoms with Crippen molar-refractivity contribution in [3.63, 3.8) is 0 Å². The number of ether oxygens (including phenoxy) is 2. The van der Waals surface area contributed by atoms with Crippen LogP contribution in [0.1, 0.15) is 23.2 Å². The second kappa shape index (κ2) is 8.55. The summed E-state index contributed by atoms with van der Waals surface area (Å²) in [5, 5.41) is 22.0. The molecule has 2 aromatic rings. The van der Waals surface area contributed by atoms with E-state index in [1.807, 2.05) is 0 Å². The van der Waals surface area contributed by atoms with Crippen molar-refractivity contribution in [2.24, 2.45) is 0 Å². The van der Waals surface area contributed by atoms with Crippen LogP contribution in [-0.4, -0.2) is 47.0 Å². The summed E-state index contributed by atoms with van der Waals surface area (Å²) in [7, 11) is 1.58. The molecule has 1 aliphatic heterocycles. The summed E-state index contributed by atoms with van der Waals surface area (Å²) in [6, 6.07) is 10.2. The number of carbonyl (C=O) groups excluding carboxylic acids is 1. The minimum absolute atomic E-state index is 0.0691. The molecule has 0 spiro atoms. The van der Waals surface area contributed by atoms with E-state index in [9.17, 15) is 25.0 Å². The molecule has 1 fully saturated rings. The van der Waals surface area contributed by atoms with E-state index in [4.69, 9.17) is 9.47 Å². The van der Waals surface area contributed by atoms with E-state index in [0.29, 0.717) is 31.7 Å². The number of benzene rings is 2. The van der Waals surface area contributed by atoms with Crippen molar-refractivity contribution in [2.75, 3.05) is 20.2 Å². The van der Waals surface area contributed by atoms with Gasteiger partial charge in [-0.1, -0.05) is 0 Å². The molecule has 1 heterocycles. The van der Waals surface area contributed by atoms with Crippen LogP contribution in [0.25, 0.3) is 0 Å². The molecule has 0 aliphatic carbocycles. The van der Waals surface area contributed by atoms with Crippen molar-refractivity contribution in [3.05, 3.63) is 68.3 Å². The van der Waals surface area contributed by atoms with E-state index in [0.717, 1.165) is 23.9 Å². The Morgan fingerprint density at radius 1 is 0.966 bits per heavy atom. The summed E-state index contributed by atoms with van der Waals surface area (Å²) in [5.41, 5.74) is -1.04. The molecule has 0 N–H and O–H groups in total. The summed E-state index contributed by atoms with van der Waals surface area (Å²) < 4.78 is 11.0. The number of nitrogens with zero attached hydrogens (tertiary/aromatic N) is 3. The van der Waals surface area contributed by atoms with Crippen molar-refractivity contribution in [1.29, 1.82) is 0 Å². The minimum Gasteiger partial charge on any atom is -0.497 e. The van der Waals surface area contributed by atoms with Gasteiger partial charge in [-0.05, 0) is 24.3 Å². The summed E-state index contributed by atoms with van der Waals surface area (Å²) in [5.74, 6) is 0.952. The first-order valence-electron chi connectivity index (χ1n) is 8.91. The number of piperidine rings is 1. The molecular formula is C19H19N3O7. The van der Waals surface area contributed by atoms with Gasteiger partial charge >= 0.3 is 0 Å². The van der Waals surface area contributed by atoms with Crippen LogP contribution < -0.4 is 9.47 Å². The van der Waals surface area contributed by atoms with Crippen LogP contribution in [0.2, 0.25) is 0 Å². The van der Waals surface area contributed by atoms with Crippen LogP contribution in [0, 0.1) is 20.2 Å². The maximum atomic E-state index is 12.7. The van der Waals surface area contributed by atoms with Gasteiger partial charge in [-0.2, -0.15) is 0 Å². The van der Waals surface area contributed by atoms with Gasteiger partial charge in [-0.25, -0.2) is 0 Å². The molecule has 3 rings (SSSR count). The molecule has 10 nitrogen and oxygen atoms in total. The van der Waals surface area contributed by atoms with Gasteiger partial charge in [0.25, 0.3) is 17.3 Å². The molecular weight excluding hydrogens is 382 g/mol. The van der Waals surface area contributed by atoms with Crippen LogP contribution in [0.5, 0.6) is 11.5 Å². The summed E-state index contributed by atoms with van der Waals surface area (Å²) in [4.78, 5) is 34.8. The van der Waals surface area contributed by atoms with E-state index in [-0.39, 0.29) is 11.7 Å². The molecule has 0 aromatic heterocycles. The first-order valence-corrected chi connectivity index (χ1v) is 8.91. The zero-order valence-electron chi connectivity index (χ0n) is 15.6. The number of rotatable bonds is 6. The first kappa shape index (κ1) is 20.1. The van der Waals surface area contributed by atoms with Gasteiger partial charge in [-0.15, -0.1) is 0 Å². The maximum absolute atomic E-state index is 12.7. The highest BCUT2D eigenvalue weighted by Crippen LogP contribution is 2.26. The maximum Gasteiger partial charge on any atom is 0.277 e. The van der Waals surface area contributed by atoms with Gasteiger partial charge in [0.15, 0.2) is 0 Å². The van der Waals surface area contributed by atoms with E-state index in [1.165, 1.54) is 4.90 Å². The Morgan fingerprint density at radius 3 is 1.97 bits per heavy atom. The molecule has 0 saturated carbocycles. The van der Waals surface area contributed by atoms with Crippen molar-refractivity contribution in [3.8, 4) is 11.5 Å². The summed E-state index contributed by atoms with van der Waals surface area (Å²) >= 11 is 0. The number of methoxy groups -OCH3 is 1. The van der Waals surface area contributed by atoms with Crippen molar-refractivity contribution in [1.82, 2.24) is 4.90 Å². The standard InChI is InChI=1S/C19H19N3O7/c1-28-16-2-4-17(5-3-16)29-18-6-8-20(9-7-18)19(23)13-10-14(21(24)25)12-15(11-13)22(26)27/h2-5,10-12,18H,6-9H2,1H3. The van der Waals surface area contributed by atoms with Crippen LogP contribution in [-0.2, 0) is 0 Å². The SMILES string of the molecule is COc1ccc(OC2CCN(C(=O)c3cc([N+](=O)[O-])cc([N+](=O)[O-])c3)CC2)cc1. The Bertz CT molecular complexity index is 890. The smallest absolute Gasteiger partial charge is 0.277 e. The Kier molecular flexibility index (Phi) is 5.91. The summed E-state index contributed by atoms with van der Waals surface area (Å²) in [6.07, 6.45) is 1.08. The van der Waals surface area contributed by atoms with Crippen molar-refractivity contribution in [2.45, 2.75) is 18.9 Å². The molecule has 0 atom stereocenters. The number of nitro groups is 2. The van der Waals surface area contributed by atoms with Gasteiger partial charge in [0.1, 0.15) is 17.6 Å². The third-order valence-electron chi connectivity index (χ3n) is 4.66. The van der Waals surface area contributed by atoms with Crippen molar-refractivity contribution < 1.29 is 24.1 Å². The van der Waals surface area contributed by atoms with Crippen molar-refractivity contribution >= 4 is 17.3 Å². The van der Waals surface area contributed by atoms with Gasteiger partial charge in [0.2, 0.25) is 0 Å². The molecule has 152 valence electrons. The zero-order valence-corrected chi connectivity index (χ0v) is 15.6. The normalized spacial score (nSPS) is 14.3. The van der Waals surface area contributed by atoms with E-state index in [1.54, 1.807) is 31.4 Å². The van der Waals surface area contributed by atoms with Gasteiger partial charge in [0, 0.05) is 38.1 Å². The second-order valence-corrected chi connectivity index (χ2v) is 6.54. The van der Waals surface area contributed by atoms with E-state index < -0.39 is 27.1 Å². The Balaban J connectivity index is 1.65. The molecule has 0 radical (unpaired) electrons. The highest BCUT2D eigenvalue weighted by atomic mass is 16.6. The number of non-ortho nitro benzene ring substituents is 2. The minimum atomic E-state index is -0.751. The van der Waals surface area contributed by atoms with E-state index in [2.05, 4.69) is 0 Å². The zero-order chi connectivity index (χ0) is 21.0. The van der Waals surface area contributed by atoms with Crippen LogP contribution in [0.4, 0.5) is 11.4 Å². The quantitative estimate of drug-likeness (QED) is 0.537. The number of hydrogen-bond acceptors (Lipinski definition) is 7. The van der Waals surface area contributed by atoms with Gasteiger partial charge < -0.3 is 14.4 Å². The number of amides is 1. The van der Waals surface area contributed by atoms with Crippen LogP contribution in [0.3, 0.4) is 0 Å². The van der Waals surface area contributed by atoms with Crippen LogP contribution >= 0.6 is 0 Å². The van der Waals surface area contributed by atoms with Gasteiger partial charge in [0.05, 0.1) is 28.6 Å². The monoisotopic (exact) mass is 401 g/mol. The Labute approximate surface area is 165 Å². The molecule has 2 aromatic carbocycles. The lowest BCUT2D eigenvalue weighted by Gasteiger charge is -2.32. The predicted octanol–water partition coefficient (Wildman–Crippen LogP) is 3.20. The molecule has 0 bridgehead atoms. The average molecular weight is 401 g/mol. The number of hydrogen-bond donors (Lipinski definition) is 0. The molecule has 1 saturated heterocycles. The fourth-order valence-corrected chi connectivity index (χ4v) is 3.14. The van der Waals surface area contributed by atoms with Gasteiger partial charge in [-0.3, -0.25) is 25.0 Å². The topological polar surface area (TPSA) is 125 Å². The molecule has 10 heteroatoms. The third-order valence-corrected chi connectivity index (χ3v) is 4.66. The highest BCUT2D eigenvalue weighted by molar-refractivity contribution is 5.95. The number of likely N-dealkylation sites (tertiary alicyclic amines) is 1. The fourth-order valence-electron chi connectivity index (χ4n) is 3.14. The number of nitro benzene ring substituents is 2. The molecule has 29 heavy (non-hydrogen) atoms. The lowest BCUT2D eigenvalue weighted by atomic mass is 10.1. The lowest BCUT2D eigenvalue weighted by Crippen LogP contribution is -2.41. The first-order chi connectivity index (χ1) is 13.9. The Morgan fingerprint density at radius 2 is 1.48 bits per heavy atom. The largest absolute Gasteiger partial charge is 0.497 e. The highest BCUT2D eigenvalue weighted by Gasteiger charge is 2.27. The molecule has 1 amide bonds. The number of carbonyl (C=O) groups is 1.